The Balaban J connectivity index is 1.31. The molecule has 3 aromatic carbocycles. The van der Waals surface area contributed by atoms with E-state index in [1.807, 2.05) is 0 Å². The molecule has 10 nitrogen and oxygen atoms in total. The number of thioether (sulfide) groups is 1. The van der Waals surface area contributed by atoms with E-state index in [4.69, 9.17) is 21.7 Å². The first-order valence-electron chi connectivity index (χ1n) is 15.1. The van der Waals surface area contributed by atoms with Crippen LogP contribution in [0.1, 0.15) is 22.3 Å². The number of methoxy groups -OCH3 is 1. The number of hydrogen-bond acceptors (Lipinski definition) is 9. The van der Waals surface area contributed by atoms with E-state index in [0.717, 1.165) is 44.0 Å². The molecule has 0 saturated carbocycles. The standard InChI is InChI=1S/C34H34F2N4O6S2/c1-38-9-11-39(12-10-38)13-14-46-28-6-4-21(23-16-25(35)20-26(36)17-23)15-24(28)19-30-32(42)40(34(47)48-30)8-7-31(41)37-27-5-3-22(33(43)44)18-29(27)45-2/h3-6,15-20H,7-14H2,1-2H3,(H,37,41)(H,43,44). The lowest BCUT2D eigenvalue weighted by atomic mass is 10.0. The Kier molecular flexibility index (Phi) is 11.4. The minimum absolute atomic E-state index is 0.000351. The van der Waals surface area contributed by atoms with Gasteiger partial charge in [-0.2, -0.15) is 0 Å². The average Bonchev–Trinajstić information content (AvgIpc) is 3.32. The average molecular weight is 697 g/mol. The van der Waals surface area contributed by atoms with Gasteiger partial charge in [0, 0.05) is 57.3 Å². The second-order valence-corrected chi connectivity index (χ2v) is 12.9. The Bertz CT molecular complexity index is 1740. The lowest BCUT2D eigenvalue weighted by molar-refractivity contribution is -0.122. The van der Waals surface area contributed by atoms with E-state index in [1.165, 1.54) is 42.3 Å². The smallest absolute Gasteiger partial charge is 0.335 e. The summed E-state index contributed by atoms with van der Waals surface area (Å²) in [6.07, 6.45) is 1.55. The first kappa shape index (κ1) is 35.0. The SMILES string of the molecule is COc1cc(C(=O)O)ccc1NC(=O)CCN1C(=O)C(=Cc2cc(-c3cc(F)cc(F)c3)ccc2OCCN2CCN(C)CC2)SC1=S. The van der Waals surface area contributed by atoms with Crippen molar-refractivity contribution in [2.45, 2.75) is 6.42 Å². The highest BCUT2D eigenvalue weighted by Crippen LogP contribution is 2.36. The molecule has 2 N–H and O–H groups in total. The topological polar surface area (TPSA) is 112 Å². The largest absolute Gasteiger partial charge is 0.495 e. The van der Waals surface area contributed by atoms with Gasteiger partial charge in [-0.25, -0.2) is 13.6 Å². The number of aromatic carboxylic acids is 1. The van der Waals surface area contributed by atoms with Crippen molar-refractivity contribution in [3.05, 3.63) is 82.3 Å². The van der Waals surface area contributed by atoms with Crippen molar-refractivity contribution in [1.82, 2.24) is 14.7 Å². The normalized spacial score (nSPS) is 16.4. The molecule has 2 saturated heterocycles. The molecule has 48 heavy (non-hydrogen) atoms. The number of rotatable bonds is 12. The summed E-state index contributed by atoms with van der Waals surface area (Å²) < 4.78 is 39.8. The van der Waals surface area contributed by atoms with Gasteiger partial charge < -0.3 is 24.8 Å². The number of carboxylic acid groups (broad SMARTS) is 1. The van der Waals surface area contributed by atoms with E-state index >= 15 is 0 Å². The Labute approximate surface area is 286 Å². The van der Waals surface area contributed by atoms with Gasteiger partial charge in [-0.05, 0) is 66.7 Å². The van der Waals surface area contributed by atoms with Crippen molar-refractivity contribution in [1.29, 1.82) is 0 Å². The van der Waals surface area contributed by atoms with Crippen LogP contribution in [0.4, 0.5) is 14.5 Å². The molecule has 0 aromatic heterocycles. The number of carbonyl (C=O) groups excluding carboxylic acids is 2. The van der Waals surface area contributed by atoms with Crippen LogP contribution in [0.5, 0.6) is 11.5 Å². The summed E-state index contributed by atoms with van der Waals surface area (Å²) >= 11 is 6.56. The van der Waals surface area contributed by atoms with Crippen molar-refractivity contribution >= 4 is 57.8 Å². The summed E-state index contributed by atoms with van der Waals surface area (Å²) in [5.41, 5.74) is 1.69. The summed E-state index contributed by atoms with van der Waals surface area (Å²) in [5, 5.41) is 11.9. The first-order chi connectivity index (χ1) is 23.0. The fourth-order valence-corrected chi connectivity index (χ4v) is 6.54. The Morgan fingerprint density at radius 1 is 0.979 bits per heavy atom. The molecule has 5 rings (SSSR count). The number of benzene rings is 3. The van der Waals surface area contributed by atoms with Gasteiger partial charge in [-0.3, -0.25) is 19.4 Å². The molecule has 14 heteroatoms. The molecule has 2 aliphatic rings. The number of anilines is 1. The van der Waals surface area contributed by atoms with E-state index in [0.29, 0.717) is 40.5 Å². The number of piperazine rings is 1. The zero-order valence-electron chi connectivity index (χ0n) is 26.3. The zero-order valence-corrected chi connectivity index (χ0v) is 28.0. The molecule has 0 unspecified atom stereocenters. The predicted octanol–water partition coefficient (Wildman–Crippen LogP) is 5.19. The molecule has 0 radical (unpaired) electrons. The van der Waals surface area contributed by atoms with Crippen LogP contribution >= 0.6 is 24.0 Å². The number of carbonyl (C=O) groups is 3. The Hall–Kier alpha value is -4.37. The summed E-state index contributed by atoms with van der Waals surface area (Å²) in [7, 11) is 3.45. The maximum absolute atomic E-state index is 14.1. The molecular formula is C34H34F2N4O6S2. The maximum Gasteiger partial charge on any atom is 0.335 e. The highest BCUT2D eigenvalue weighted by Gasteiger charge is 2.32. The minimum Gasteiger partial charge on any atom is -0.495 e. The first-order valence-corrected chi connectivity index (χ1v) is 16.3. The summed E-state index contributed by atoms with van der Waals surface area (Å²) in [4.78, 5) is 43.7. The lowest BCUT2D eigenvalue weighted by Crippen LogP contribution is -2.45. The van der Waals surface area contributed by atoms with Crippen molar-refractivity contribution in [2.24, 2.45) is 0 Å². The lowest BCUT2D eigenvalue weighted by Gasteiger charge is -2.32. The van der Waals surface area contributed by atoms with Gasteiger partial charge in [0.2, 0.25) is 5.91 Å². The fourth-order valence-electron chi connectivity index (χ4n) is 5.24. The van der Waals surface area contributed by atoms with Crippen LogP contribution in [0.25, 0.3) is 17.2 Å². The molecule has 2 amide bonds. The third-order valence-electron chi connectivity index (χ3n) is 7.91. The van der Waals surface area contributed by atoms with Crippen molar-refractivity contribution in [2.75, 3.05) is 65.3 Å². The number of hydrogen-bond donors (Lipinski definition) is 2. The highest BCUT2D eigenvalue weighted by atomic mass is 32.2. The van der Waals surface area contributed by atoms with Gasteiger partial charge in [0.1, 0.15) is 34.1 Å². The van der Waals surface area contributed by atoms with Gasteiger partial charge in [-0.1, -0.05) is 30.0 Å². The number of likely N-dealkylation sites (N-methyl/N-ethyl adjacent to an activating group) is 1. The molecule has 2 aliphatic heterocycles. The molecule has 0 atom stereocenters. The number of amides is 2. The van der Waals surface area contributed by atoms with Crippen LogP contribution in [0.15, 0.2) is 59.5 Å². The van der Waals surface area contributed by atoms with Crippen LogP contribution in [0.2, 0.25) is 0 Å². The third kappa shape index (κ3) is 8.75. The van der Waals surface area contributed by atoms with E-state index in [9.17, 15) is 28.3 Å². The van der Waals surface area contributed by atoms with Gasteiger partial charge in [0.25, 0.3) is 5.91 Å². The molecule has 0 spiro atoms. The fraction of sp³-hybridized carbons (Fsp3) is 0.294. The third-order valence-corrected chi connectivity index (χ3v) is 9.29. The number of carboxylic acids is 1. The quantitative estimate of drug-likeness (QED) is 0.194. The minimum atomic E-state index is -1.13. The number of thiocarbonyl (C=S) groups is 1. The second-order valence-electron chi connectivity index (χ2n) is 11.3. The Morgan fingerprint density at radius 2 is 1.71 bits per heavy atom. The zero-order chi connectivity index (χ0) is 34.4. The molecule has 0 bridgehead atoms. The number of nitrogens with zero attached hydrogens (tertiary/aromatic N) is 3. The predicted molar refractivity (Wildman–Crippen MR) is 184 cm³/mol. The van der Waals surface area contributed by atoms with Crippen LogP contribution in [-0.4, -0.2) is 102 Å². The van der Waals surface area contributed by atoms with Gasteiger partial charge in [0.15, 0.2) is 0 Å². The van der Waals surface area contributed by atoms with E-state index < -0.39 is 29.4 Å². The summed E-state index contributed by atoms with van der Waals surface area (Å²) in [6.45, 7) is 4.93. The van der Waals surface area contributed by atoms with Gasteiger partial charge in [-0.15, -0.1) is 0 Å². The van der Waals surface area contributed by atoms with Crippen molar-refractivity contribution in [3.8, 4) is 22.6 Å². The number of nitrogens with one attached hydrogen (secondary N) is 1. The second kappa shape index (κ2) is 15.7. The van der Waals surface area contributed by atoms with E-state index in [-0.39, 0.29) is 34.3 Å². The van der Waals surface area contributed by atoms with E-state index in [2.05, 4.69) is 22.2 Å². The van der Waals surface area contributed by atoms with Gasteiger partial charge >= 0.3 is 5.97 Å². The maximum atomic E-state index is 14.1. The molecular weight excluding hydrogens is 663 g/mol. The summed E-state index contributed by atoms with van der Waals surface area (Å²) in [6, 6.07) is 12.5. The van der Waals surface area contributed by atoms with Crippen LogP contribution < -0.4 is 14.8 Å². The van der Waals surface area contributed by atoms with Crippen LogP contribution in [0, 0.1) is 11.6 Å². The monoisotopic (exact) mass is 696 g/mol. The molecule has 2 heterocycles. The van der Waals surface area contributed by atoms with Crippen LogP contribution in [-0.2, 0) is 9.59 Å². The highest BCUT2D eigenvalue weighted by molar-refractivity contribution is 8.26. The van der Waals surface area contributed by atoms with Crippen LogP contribution in [0.3, 0.4) is 0 Å². The van der Waals surface area contributed by atoms with Crippen molar-refractivity contribution < 1.29 is 37.7 Å². The van der Waals surface area contributed by atoms with Crippen molar-refractivity contribution in [3.63, 3.8) is 0 Å². The van der Waals surface area contributed by atoms with Gasteiger partial charge in [0.05, 0.1) is 23.3 Å². The van der Waals surface area contributed by atoms with E-state index in [1.54, 1.807) is 24.3 Å². The molecule has 2 fully saturated rings. The number of ether oxygens (including phenoxy) is 2. The molecule has 3 aromatic rings. The molecule has 252 valence electrons. The molecule has 0 aliphatic carbocycles. The number of halogens is 2. The summed E-state index contributed by atoms with van der Waals surface area (Å²) in [5.74, 6) is -2.70. The Morgan fingerprint density at radius 3 is 2.40 bits per heavy atom.